The highest BCUT2D eigenvalue weighted by atomic mass is 16.6. The third-order valence-electron chi connectivity index (χ3n) is 14.4. The first-order valence-corrected chi connectivity index (χ1v) is 28.7. The van der Waals surface area contributed by atoms with Crippen LogP contribution in [0.2, 0.25) is 0 Å². The number of nitrogens with two attached hydrogens (primary N) is 1. The number of likely N-dealkylation sites (tertiary alicyclic amines) is 2. The zero-order chi connectivity index (χ0) is 63.3. The van der Waals surface area contributed by atoms with Crippen molar-refractivity contribution in [2.45, 2.75) is 175 Å². The Labute approximate surface area is 493 Å². The van der Waals surface area contributed by atoms with Crippen LogP contribution < -0.4 is 32.3 Å². The number of carboxylic acid groups (broad SMARTS) is 1. The van der Waals surface area contributed by atoms with Gasteiger partial charge in [0.1, 0.15) is 61.5 Å². The van der Waals surface area contributed by atoms with Gasteiger partial charge in [0.25, 0.3) is 0 Å². The summed E-state index contributed by atoms with van der Waals surface area (Å²) in [6.07, 6.45) is 0.453. The number of alkyl carbamates (subject to hydrolysis) is 2. The second kappa shape index (κ2) is 33.1. The van der Waals surface area contributed by atoms with E-state index in [-0.39, 0.29) is 51.7 Å². The molecular formula is C57H92N12O15. The lowest BCUT2D eigenvalue weighted by molar-refractivity contribution is -0.153. The molecule has 0 aromatic heterocycles. The molecule has 0 spiro atoms. The molecule has 0 bridgehead atoms. The molecule has 8 N–H and O–H groups in total. The first-order valence-electron chi connectivity index (χ1n) is 28.7. The van der Waals surface area contributed by atoms with E-state index >= 15 is 0 Å². The fourth-order valence-electron chi connectivity index (χ4n) is 9.99. The molecule has 2 aliphatic heterocycles. The molecule has 84 heavy (non-hydrogen) atoms. The summed E-state index contributed by atoms with van der Waals surface area (Å²) in [5, 5.41) is 22.9. The van der Waals surface area contributed by atoms with Crippen molar-refractivity contribution in [2.75, 3.05) is 66.5 Å². The Bertz CT molecular complexity index is 2470. The van der Waals surface area contributed by atoms with Gasteiger partial charge in [-0.1, -0.05) is 58.0 Å². The standard InChI is InChI=1S/C57H92N12O15/c1-34(2)47(64(12)45(72)31-68(36(5)6)43(70)27-58)50(75)59-28-39(62-55(81)83-33-38-21-15-14-16-22-38)52(77)66-25-19-17-23-41(66)49(74)61-30-44(71)69(37(7)8)32-46(73)65(13)48(35(3)4)51(76)60-29-40(63-56(82)84-57(9,10)11)53(78)67-26-20-18-24-42(67)54(79)80/h14-16,21-22,34-37,39-42,47-48H,17-20,23-33,58H2,1-13H3,(H,59,75)(H,60,76)(H,61,74)(H,62,81)(H,63,82)(H,79,80)/t39-,40-,41+,42+,47+,48+/m1/s1. The van der Waals surface area contributed by atoms with Gasteiger partial charge in [0.2, 0.25) is 53.2 Å². The molecule has 2 saturated heterocycles. The summed E-state index contributed by atoms with van der Waals surface area (Å²) >= 11 is 0. The molecule has 11 amide bonds. The molecule has 27 nitrogen and oxygen atoms in total. The van der Waals surface area contributed by atoms with Crippen LogP contribution in [-0.2, 0) is 64.0 Å². The molecule has 2 fully saturated rings. The fraction of sp³-hybridized carbons (Fsp3) is 0.684. The maximum Gasteiger partial charge on any atom is 0.408 e. The van der Waals surface area contributed by atoms with Crippen molar-refractivity contribution in [3.05, 3.63) is 35.9 Å². The quantitative estimate of drug-likeness (QED) is 0.0640. The normalized spacial score (nSPS) is 16.7. The van der Waals surface area contributed by atoms with Gasteiger partial charge in [0, 0.05) is 52.4 Å². The average molecular weight is 1190 g/mol. The Morgan fingerprint density at radius 3 is 1.49 bits per heavy atom. The van der Waals surface area contributed by atoms with Gasteiger partial charge < -0.3 is 76.3 Å². The summed E-state index contributed by atoms with van der Waals surface area (Å²) in [6, 6.07) is 0.267. The second-order valence-electron chi connectivity index (χ2n) is 23.4. The van der Waals surface area contributed by atoms with Crippen molar-refractivity contribution in [3.8, 4) is 0 Å². The Hall–Kier alpha value is -7.58. The molecule has 1 aromatic rings. The van der Waals surface area contributed by atoms with Crippen molar-refractivity contribution in [3.63, 3.8) is 0 Å². The number of carboxylic acids is 1. The largest absolute Gasteiger partial charge is 0.480 e. The topological polar surface area (TPSA) is 349 Å². The van der Waals surface area contributed by atoms with Crippen LogP contribution in [-0.4, -0.2) is 226 Å². The zero-order valence-corrected chi connectivity index (χ0v) is 51.2. The molecule has 2 heterocycles. The van der Waals surface area contributed by atoms with Crippen LogP contribution in [0.1, 0.15) is 120 Å². The van der Waals surface area contributed by atoms with E-state index in [4.69, 9.17) is 15.2 Å². The van der Waals surface area contributed by atoms with Crippen molar-refractivity contribution in [2.24, 2.45) is 17.6 Å². The first-order chi connectivity index (χ1) is 39.3. The maximum absolute atomic E-state index is 14.6. The summed E-state index contributed by atoms with van der Waals surface area (Å²) in [6.45, 7) is 15.6. The van der Waals surface area contributed by atoms with Crippen LogP contribution in [0.3, 0.4) is 0 Å². The van der Waals surface area contributed by atoms with E-state index in [1.807, 2.05) is 0 Å². The van der Waals surface area contributed by atoms with Crippen LogP contribution in [0.25, 0.3) is 0 Å². The number of ether oxygens (including phenoxy) is 2. The van der Waals surface area contributed by atoms with Gasteiger partial charge in [-0.05, 0) is 104 Å². The van der Waals surface area contributed by atoms with Crippen LogP contribution in [0.15, 0.2) is 30.3 Å². The van der Waals surface area contributed by atoms with E-state index in [0.29, 0.717) is 31.2 Å². The summed E-state index contributed by atoms with van der Waals surface area (Å²) in [5.74, 6) is -8.17. The molecule has 1 aromatic carbocycles. The Morgan fingerprint density at radius 2 is 1.06 bits per heavy atom. The van der Waals surface area contributed by atoms with E-state index in [0.717, 1.165) is 9.80 Å². The molecule has 27 heteroatoms. The Morgan fingerprint density at radius 1 is 0.619 bits per heavy atom. The summed E-state index contributed by atoms with van der Waals surface area (Å²) in [7, 11) is 2.79. The number of hydrogen-bond acceptors (Lipinski definition) is 15. The van der Waals surface area contributed by atoms with Gasteiger partial charge in [-0.15, -0.1) is 0 Å². The van der Waals surface area contributed by atoms with E-state index in [9.17, 15) is 62.6 Å². The molecule has 3 rings (SSSR count). The number of benzene rings is 1. The number of likely N-dealkylation sites (N-methyl/N-ethyl adjacent to an activating group) is 2. The number of nitrogens with one attached hydrogen (secondary N) is 5. The predicted octanol–water partition coefficient (Wildman–Crippen LogP) is 0.769. The zero-order valence-electron chi connectivity index (χ0n) is 51.2. The lowest BCUT2D eigenvalue weighted by Crippen LogP contribution is -2.61. The Kier molecular flexibility index (Phi) is 27.8. The third-order valence-corrected chi connectivity index (χ3v) is 14.4. The maximum atomic E-state index is 14.6. The highest BCUT2D eigenvalue weighted by molar-refractivity contribution is 5.96. The van der Waals surface area contributed by atoms with Crippen LogP contribution in [0, 0.1) is 11.8 Å². The SMILES string of the molecule is CC(C)[C@@H](C(=O)NC[C@@H](NC(=O)OCc1ccccc1)C(=O)N1CCCC[C@H]1C(=O)NCC(=O)N(CC(=O)N(C)[C@H](C(=O)NC[C@@H](NC(=O)OC(C)(C)C)C(=O)N1CCCC[C@H]1C(=O)O)C(C)C)C(C)C)N(C)C(=O)CN(C(=O)CN)C(C)C. The van der Waals surface area contributed by atoms with E-state index in [2.05, 4.69) is 26.6 Å². The molecule has 0 radical (unpaired) electrons. The minimum Gasteiger partial charge on any atom is -0.480 e. The molecule has 0 saturated carbocycles. The highest BCUT2D eigenvalue weighted by Crippen LogP contribution is 2.22. The number of piperidine rings is 2. The van der Waals surface area contributed by atoms with E-state index in [1.54, 1.807) is 106 Å². The molecule has 2 aliphatic rings. The monoisotopic (exact) mass is 1180 g/mol. The number of nitrogens with zero attached hydrogens (tertiary/aromatic N) is 6. The number of rotatable bonds is 27. The molecular weight excluding hydrogens is 1090 g/mol. The van der Waals surface area contributed by atoms with Crippen LogP contribution in [0.4, 0.5) is 9.59 Å². The van der Waals surface area contributed by atoms with Crippen molar-refractivity contribution in [1.29, 1.82) is 0 Å². The second-order valence-corrected chi connectivity index (χ2v) is 23.4. The van der Waals surface area contributed by atoms with Crippen LogP contribution in [0.5, 0.6) is 0 Å². The van der Waals surface area contributed by atoms with Gasteiger partial charge in [0.15, 0.2) is 0 Å². The van der Waals surface area contributed by atoms with Gasteiger partial charge in [-0.2, -0.15) is 0 Å². The number of carbonyl (C=O) groups excluding carboxylic acids is 11. The molecule has 0 aliphatic carbocycles. The van der Waals surface area contributed by atoms with Crippen molar-refractivity contribution >= 4 is 71.3 Å². The third kappa shape index (κ3) is 21.2. The number of amides is 11. The lowest BCUT2D eigenvalue weighted by Gasteiger charge is -2.37. The molecule has 470 valence electrons. The fourth-order valence-corrected chi connectivity index (χ4v) is 9.99. The highest BCUT2D eigenvalue weighted by Gasteiger charge is 2.41. The Balaban J connectivity index is 1.79. The first kappa shape index (κ1) is 70.7. The van der Waals surface area contributed by atoms with Gasteiger partial charge in [-0.3, -0.25) is 43.2 Å². The predicted molar refractivity (Wildman–Crippen MR) is 308 cm³/mol. The average Bonchev–Trinajstić information content (AvgIpc) is 3.58. The van der Waals surface area contributed by atoms with Crippen molar-refractivity contribution < 1.29 is 72.1 Å². The lowest BCUT2D eigenvalue weighted by atomic mass is 9.99. The number of hydrogen-bond donors (Lipinski definition) is 7. The van der Waals surface area contributed by atoms with Crippen LogP contribution >= 0.6 is 0 Å². The van der Waals surface area contributed by atoms with Gasteiger partial charge >= 0.3 is 18.2 Å². The van der Waals surface area contributed by atoms with Gasteiger partial charge in [0.05, 0.1) is 13.1 Å². The van der Waals surface area contributed by atoms with Gasteiger partial charge in [-0.25, -0.2) is 14.4 Å². The number of carbonyl (C=O) groups is 12. The van der Waals surface area contributed by atoms with E-state index < -0.39 is 157 Å². The summed E-state index contributed by atoms with van der Waals surface area (Å²) < 4.78 is 10.8. The minimum absolute atomic E-state index is 0.0557. The number of aliphatic carboxylic acids is 1. The molecule has 0 unspecified atom stereocenters. The van der Waals surface area contributed by atoms with Crippen molar-refractivity contribution in [1.82, 2.24) is 56.0 Å². The smallest absolute Gasteiger partial charge is 0.408 e. The molecule has 6 atom stereocenters. The van der Waals surface area contributed by atoms with E-state index in [1.165, 1.54) is 33.7 Å². The minimum atomic E-state index is -1.50. The summed E-state index contributed by atoms with van der Waals surface area (Å²) in [5.41, 5.74) is 5.28. The summed E-state index contributed by atoms with van der Waals surface area (Å²) in [4.78, 5) is 170.